The fourth-order valence-corrected chi connectivity index (χ4v) is 2.73. The van der Waals surface area contributed by atoms with Gasteiger partial charge in [0.15, 0.2) is 4.77 Å². The van der Waals surface area contributed by atoms with E-state index < -0.39 is 0 Å². The summed E-state index contributed by atoms with van der Waals surface area (Å²) in [6, 6.07) is 9.86. The molecule has 1 aromatic carbocycles. The molecule has 2 heterocycles. The van der Waals surface area contributed by atoms with E-state index in [0.29, 0.717) is 12.1 Å². The first kappa shape index (κ1) is 14.5. The van der Waals surface area contributed by atoms with E-state index in [0.717, 1.165) is 5.56 Å². The molecule has 7 heteroatoms. The van der Waals surface area contributed by atoms with Gasteiger partial charge in [-0.1, -0.05) is 30.3 Å². The SMILES string of the molecule is Cn1c(O)c(C2=NN[C@H](c3ccccc3)C2)c(=O)n(C)c1=S. The van der Waals surface area contributed by atoms with Crippen LogP contribution in [0.4, 0.5) is 0 Å². The molecule has 1 atom stereocenters. The molecule has 0 radical (unpaired) electrons. The quantitative estimate of drug-likeness (QED) is 0.826. The van der Waals surface area contributed by atoms with Gasteiger partial charge in [0, 0.05) is 20.5 Å². The van der Waals surface area contributed by atoms with Crippen LogP contribution in [-0.2, 0) is 14.1 Å². The zero-order valence-electron chi connectivity index (χ0n) is 12.3. The molecule has 0 aliphatic carbocycles. The Kier molecular flexibility index (Phi) is 3.58. The minimum atomic E-state index is -0.338. The van der Waals surface area contributed by atoms with Crippen molar-refractivity contribution in [2.75, 3.05) is 0 Å². The summed E-state index contributed by atoms with van der Waals surface area (Å²) in [4.78, 5) is 12.4. The van der Waals surface area contributed by atoms with E-state index in [1.165, 1.54) is 9.13 Å². The Hall–Kier alpha value is -2.41. The largest absolute Gasteiger partial charge is 0.494 e. The van der Waals surface area contributed by atoms with E-state index in [-0.39, 0.29) is 27.8 Å². The number of hydrogen-bond donors (Lipinski definition) is 2. The smallest absolute Gasteiger partial charge is 0.267 e. The van der Waals surface area contributed by atoms with Crippen molar-refractivity contribution in [3.63, 3.8) is 0 Å². The van der Waals surface area contributed by atoms with Crippen LogP contribution in [0.25, 0.3) is 0 Å². The first-order valence-corrected chi connectivity index (χ1v) is 7.28. The molecule has 2 aromatic rings. The molecule has 22 heavy (non-hydrogen) atoms. The molecule has 2 N–H and O–H groups in total. The molecule has 1 aliphatic heterocycles. The lowest BCUT2D eigenvalue weighted by Crippen LogP contribution is -2.28. The summed E-state index contributed by atoms with van der Waals surface area (Å²) in [5.74, 6) is -0.151. The molecule has 6 nitrogen and oxygen atoms in total. The van der Waals surface area contributed by atoms with Crippen molar-refractivity contribution in [3.05, 3.63) is 56.6 Å². The van der Waals surface area contributed by atoms with Gasteiger partial charge < -0.3 is 10.5 Å². The lowest BCUT2D eigenvalue weighted by atomic mass is 10.0. The van der Waals surface area contributed by atoms with Crippen molar-refractivity contribution in [2.24, 2.45) is 19.2 Å². The van der Waals surface area contributed by atoms with Crippen molar-refractivity contribution >= 4 is 17.9 Å². The first-order valence-electron chi connectivity index (χ1n) is 6.87. The van der Waals surface area contributed by atoms with E-state index >= 15 is 0 Å². The molecule has 0 saturated carbocycles. The van der Waals surface area contributed by atoms with E-state index in [9.17, 15) is 9.90 Å². The number of hydrogen-bond acceptors (Lipinski definition) is 5. The Morgan fingerprint density at radius 2 is 1.95 bits per heavy atom. The van der Waals surface area contributed by atoms with Gasteiger partial charge in [-0.05, 0) is 17.8 Å². The number of rotatable bonds is 2. The third-order valence-electron chi connectivity index (χ3n) is 3.88. The Bertz CT molecular complexity index is 868. The average molecular weight is 316 g/mol. The van der Waals surface area contributed by atoms with Gasteiger partial charge in [0.2, 0.25) is 5.88 Å². The molecule has 114 valence electrons. The van der Waals surface area contributed by atoms with Crippen LogP contribution >= 0.6 is 12.2 Å². The predicted octanol–water partition coefficient (Wildman–Crippen LogP) is 1.60. The van der Waals surface area contributed by atoms with E-state index in [2.05, 4.69) is 10.5 Å². The third-order valence-corrected chi connectivity index (χ3v) is 4.42. The normalized spacial score (nSPS) is 17.2. The summed E-state index contributed by atoms with van der Waals surface area (Å²) in [5, 5.41) is 14.5. The number of aromatic nitrogens is 2. The summed E-state index contributed by atoms with van der Waals surface area (Å²) in [6.45, 7) is 0. The fraction of sp³-hybridized carbons (Fsp3) is 0.267. The van der Waals surface area contributed by atoms with Crippen molar-refractivity contribution < 1.29 is 5.11 Å². The summed E-state index contributed by atoms with van der Waals surface area (Å²) in [6.07, 6.45) is 0.531. The number of nitrogens with one attached hydrogen (secondary N) is 1. The van der Waals surface area contributed by atoms with Crippen LogP contribution in [0, 0.1) is 4.77 Å². The summed E-state index contributed by atoms with van der Waals surface area (Å²) < 4.78 is 3.00. The van der Waals surface area contributed by atoms with Gasteiger partial charge in [0.1, 0.15) is 5.56 Å². The number of aromatic hydroxyl groups is 1. The van der Waals surface area contributed by atoms with Gasteiger partial charge in [-0.3, -0.25) is 13.9 Å². The Morgan fingerprint density at radius 1 is 1.27 bits per heavy atom. The number of nitrogens with zero attached hydrogens (tertiary/aromatic N) is 3. The van der Waals surface area contributed by atoms with Crippen LogP contribution in [0.5, 0.6) is 5.88 Å². The minimum Gasteiger partial charge on any atom is -0.494 e. The predicted molar refractivity (Wildman–Crippen MR) is 86.6 cm³/mol. The second kappa shape index (κ2) is 5.42. The maximum absolute atomic E-state index is 12.4. The molecule has 0 unspecified atom stereocenters. The molecule has 3 rings (SSSR count). The molecular formula is C15H16N4O2S. The van der Waals surface area contributed by atoms with Crippen molar-refractivity contribution in [1.29, 1.82) is 0 Å². The molecule has 0 fully saturated rings. The Labute approximate surface area is 132 Å². The highest BCUT2D eigenvalue weighted by molar-refractivity contribution is 7.71. The standard InChI is InChI=1S/C15H16N4O2S/c1-18-13(20)12(14(21)19(2)15(18)22)11-8-10(16-17-11)9-6-4-3-5-7-9/h3-7,10,16,20H,8H2,1-2H3/t10-/m0/s1. The van der Waals surface area contributed by atoms with Crippen LogP contribution in [0.1, 0.15) is 23.6 Å². The molecule has 0 amide bonds. The number of benzene rings is 1. The van der Waals surface area contributed by atoms with Gasteiger partial charge in [-0.2, -0.15) is 5.10 Å². The summed E-state index contributed by atoms with van der Waals surface area (Å²) in [5.41, 5.74) is 4.51. The van der Waals surface area contributed by atoms with Gasteiger partial charge in [-0.25, -0.2) is 0 Å². The molecule has 1 aliphatic rings. The Balaban J connectivity index is 2.01. The number of hydrazone groups is 1. The van der Waals surface area contributed by atoms with Crippen LogP contribution in [0.2, 0.25) is 0 Å². The maximum atomic E-state index is 12.4. The highest BCUT2D eigenvalue weighted by Crippen LogP contribution is 2.26. The Morgan fingerprint density at radius 3 is 2.64 bits per heavy atom. The van der Waals surface area contributed by atoms with Crippen molar-refractivity contribution in [2.45, 2.75) is 12.5 Å². The van der Waals surface area contributed by atoms with E-state index in [1.807, 2.05) is 30.3 Å². The topological polar surface area (TPSA) is 71.6 Å². The minimum absolute atomic E-state index is 0.00575. The lowest BCUT2D eigenvalue weighted by Gasteiger charge is -2.12. The molecule has 0 saturated heterocycles. The highest BCUT2D eigenvalue weighted by Gasteiger charge is 2.26. The zero-order chi connectivity index (χ0) is 15.9. The molecular weight excluding hydrogens is 300 g/mol. The van der Waals surface area contributed by atoms with Crippen LogP contribution < -0.4 is 11.0 Å². The second-order valence-corrected chi connectivity index (χ2v) is 5.62. The van der Waals surface area contributed by atoms with Crippen LogP contribution in [0.3, 0.4) is 0 Å². The van der Waals surface area contributed by atoms with Gasteiger partial charge in [0.05, 0.1) is 11.8 Å². The van der Waals surface area contributed by atoms with Gasteiger partial charge >= 0.3 is 0 Å². The first-order chi connectivity index (χ1) is 10.5. The molecule has 0 bridgehead atoms. The van der Waals surface area contributed by atoms with Crippen molar-refractivity contribution in [1.82, 2.24) is 14.6 Å². The summed E-state index contributed by atoms with van der Waals surface area (Å²) >= 11 is 5.11. The van der Waals surface area contributed by atoms with Gasteiger partial charge in [-0.15, -0.1) is 0 Å². The van der Waals surface area contributed by atoms with Crippen LogP contribution in [0.15, 0.2) is 40.2 Å². The van der Waals surface area contributed by atoms with E-state index in [1.54, 1.807) is 14.1 Å². The van der Waals surface area contributed by atoms with E-state index in [4.69, 9.17) is 12.2 Å². The lowest BCUT2D eigenvalue weighted by molar-refractivity contribution is 0.414. The fourth-order valence-electron chi connectivity index (χ4n) is 2.56. The third kappa shape index (κ3) is 2.23. The van der Waals surface area contributed by atoms with Crippen molar-refractivity contribution in [3.8, 4) is 5.88 Å². The second-order valence-electron chi connectivity index (χ2n) is 5.26. The monoisotopic (exact) mass is 316 g/mol. The summed E-state index contributed by atoms with van der Waals surface area (Å²) in [7, 11) is 3.21. The zero-order valence-corrected chi connectivity index (χ0v) is 13.1. The average Bonchev–Trinajstić information content (AvgIpc) is 3.02. The van der Waals surface area contributed by atoms with Crippen LogP contribution in [-0.4, -0.2) is 20.0 Å². The highest BCUT2D eigenvalue weighted by atomic mass is 32.1. The van der Waals surface area contributed by atoms with Gasteiger partial charge in [0.25, 0.3) is 5.56 Å². The maximum Gasteiger partial charge on any atom is 0.267 e. The molecule has 0 spiro atoms. The molecule has 1 aromatic heterocycles.